The summed E-state index contributed by atoms with van der Waals surface area (Å²) < 4.78 is 6.12. The maximum Gasteiger partial charge on any atom is 0.128 e. The summed E-state index contributed by atoms with van der Waals surface area (Å²) in [5, 5.41) is 1.20. The van der Waals surface area contributed by atoms with Gasteiger partial charge in [0.1, 0.15) is 11.5 Å². The standard InChI is InChI=1S/C27H26N2O/c1-2-25-23-16-18-29(17-15-20-9-5-3-6-10-20)27(23)24-19-22(13-14-26(24)28-25)30-21-11-7-4-8-12-21/h3-14,19H,2,15-18H2,1H3. The third-order valence-electron chi connectivity index (χ3n) is 5.89. The number of fused-ring (bicyclic) bond motifs is 3. The number of hydrogen-bond donors (Lipinski definition) is 0. The zero-order valence-corrected chi connectivity index (χ0v) is 17.3. The lowest BCUT2D eigenvalue weighted by Gasteiger charge is -2.22. The number of aromatic nitrogens is 1. The Hall–Kier alpha value is -3.33. The Morgan fingerprint density at radius 3 is 2.43 bits per heavy atom. The molecular weight excluding hydrogens is 368 g/mol. The highest BCUT2D eigenvalue weighted by Crippen LogP contribution is 2.39. The van der Waals surface area contributed by atoms with E-state index in [9.17, 15) is 0 Å². The molecule has 0 aliphatic carbocycles. The fourth-order valence-corrected chi connectivity index (χ4v) is 4.41. The number of aryl methyl sites for hydroxylation is 1. The SMILES string of the molecule is CCc1nc2ccc(Oc3ccccc3)cc2c2c1CCN2CCc1ccccc1. The lowest BCUT2D eigenvalue weighted by atomic mass is 10.0. The van der Waals surface area contributed by atoms with E-state index in [0.717, 1.165) is 49.4 Å². The van der Waals surface area contributed by atoms with Crippen LogP contribution in [-0.2, 0) is 19.3 Å². The van der Waals surface area contributed by atoms with Crippen LogP contribution in [0, 0.1) is 0 Å². The Balaban J connectivity index is 1.52. The Morgan fingerprint density at radius 2 is 1.67 bits per heavy atom. The Labute approximate surface area is 178 Å². The summed E-state index contributed by atoms with van der Waals surface area (Å²) in [6, 6.07) is 27.0. The van der Waals surface area contributed by atoms with Crippen LogP contribution in [0.5, 0.6) is 11.5 Å². The first-order valence-electron chi connectivity index (χ1n) is 10.8. The molecule has 0 saturated heterocycles. The largest absolute Gasteiger partial charge is 0.457 e. The average molecular weight is 395 g/mol. The predicted molar refractivity (Wildman–Crippen MR) is 124 cm³/mol. The quantitative estimate of drug-likeness (QED) is 0.390. The summed E-state index contributed by atoms with van der Waals surface area (Å²) in [5.41, 5.74) is 6.43. The van der Waals surface area contributed by atoms with Gasteiger partial charge in [0.2, 0.25) is 0 Å². The van der Waals surface area contributed by atoms with Crippen LogP contribution in [-0.4, -0.2) is 18.1 Å². The van der Waals surface area contributed by atoms with Crippen LogP contribution >= 0.6 is 0 Å². The fourth-order valence-electron chi connectivity index (χ4n) is 4.41. The van der Waals surface area contributed by atoms with Crippen LogP contribution in [0.2, 0.25) is 0 Å². The van der Waals surface area contributed by atoms with E-state index in [4.69, 9.17) is 9.72 Å². The molecule has 150 valence electrons. The molecule has 2 heterocycles. The topological polar surface area (TPSA) is 25.4 Å². The molecule has 1 aliphatic rings. The van der Waals surface area contributed by atoms with Crippen molar-refractivity contribution in [2.24, 2.45) is 0 Å². The molecule has 0 N–H and O–H groups in total. The zero-order valence-electron chi connectivity index (χ0n) is 17.3. The molecule has 0 saturated carbocycles. The summed E-state index contributed by atoms with van der Waals surface area (Å²) in [7, 11) is 0. The Morgan fingerprint density at radius 1 is 0.900 bits per heavy atom. The first-order valence-corrected chi connectivity index (χ1v) is 10.8. The van der Waals surface area contributed by atoms with Gasteiger partial charge in [0.15, 0.2) is 0 Å². The second kappa shape index (κ2) is 8.19. The van der Waals surface area contributed by atoms with E-state index in [1.807, 2.05) is 36.4 Å². The van der Waals surface area contributed by atoms with E-state index in [0.29, 0.717) is 0 Å². The molecule has 3 nitrogen and oxygen atoms in total. The van der Waals surface area contributed by atoms with Crippen molar-refractivity contribution < 1.29 is 4.74 Å². The zero-order chi connectivity index (χ0) is 20.3. The van der Waals surface area contributed by atoms with E-state index >= 15 is 0 Å². The fraction of sp³-hybridized carbons (Fsp3) is 0.222. The number of benzene rings is 3. The van der Waals surface area contributed by atoms with Crippen molar-refractivity contribution in [3.05, 3.63) is 95.7 Å². The number of para-hydroxylation sites is 1. The lowest BCUT2D eigenvalue weighted by molar-refractivity contribution is 0.483. The normalized spacial score (nSPS) is 12.9. The van der Waals surface area contributed by atoms with Gasteiger partial charge in [-0.1, -0.05) is 55.5 Å². The molecule has 0 radical (unpaired) electrons. The van der Waals surface area contributed by atoms with Crippen molar-refractivity contribution in [3.63, 3.8) is 0 Å². The average Bonchev–Trinajstić information content (AvgIpc) is 3.23. The predicted octanol–water partition coefficient (Wildman–Crippen LogP) is 6.19. The minimum absolute atomic E-state index is 0.854. The van der Waals surface area contributed by atoms with E-state index in [1.54, 1.807) is 0 Å². The Kier molecular flexibility index (Phi) is 5.10. The van der Waals surface area contributed by atoms with E-state index in [-0.39, 0.29) is 0 Å². The van der Waals surface area contributed by atoms with Crippen molar-refractivity contribution in [1.29, 1.82) is 0 Å². The highest BCUT2D eigenvalue weighted by atomic mass is 16.5. The van der Waals surface area contributed by atoms with Crippen LogP contribution in [0.4, 0.5) is 5.69 Å². The molecule has 3 aromatic carbocycles. The number of hydrogen-bond acceptors (Lipinski definition) is 3. The minimum Gasteiger partial charge on any atom is -0.457 e. The highest BCUT2D eigenvalue weighted by molar-refractivity contribution is 5.96. The van der Waals surface area contributed by atoms with Crippen molar-refractivity contribution in [1.82, 2.24) is 4.98 Å². The van der Waals surface area contributed by atoms with Crippen LogP contribution < -0.4 is 9.64 Å². The number of ether oxygens (including phenoxy) is 1. The van der Waals surface area contributed by atoms with Crippen molar-refractivity contribution in [2.75, 3.05) is 18.0 Å². The summed E-state index contributed by atoms with van der Waals surface area (Å²) in [5.74, 6) is 1.71. The van der Waals surface area contributed by atoms with Gasteiger partial charge >= 0.3 is 0 Å². The minimum atomic E-state index is 0.854. The number of anilines is 1. The summed E-state index contributed by atoms with van der Waals surface area (Å²) in [6.07, 6.45) is 3.08. The molecule has 0 unspecified atom stereocenters. The molecule has 1 aliphatic heterocycles. The molecule has 3 heteroatoms. The second-order valence-corrected chi connectivity index (χ2v) is 7.81. The first kappa shape index (κ1) is 18.7. The van der Waals surface area contributed by atoms with Gasteiger partial charge in [-0.15, -0.1) is 0 Å². The van der Waals surface area contributed by atoms with E-state index in [2.05, 4.69) is 54.3 Å². The van der Waals surface area contributed by atoms with Crippen LogP contribution in [0.25, 0.3) is 10.9 Å². The molecule has 5 rings (SSSR count). The summed E-state index contributed by atoms with van der Waals surface area (Å²) in [4.78, 5) is 7.52. The van der Waals surface area contributed by atoms with E-state index in [1.165, 1.54) is 27.9 Å². The van der Waals surface area contributed by atoms with Gasteiger partial charge in [-0.3, -0.25) is 4.98 Å². The maximum atomic E-state index is 6.12. The molecule has 0 atom stereocenters. The monoisotopic (exact) mass is 394 g/mol. The molecule has 1 aromatic heterocycles. The number of nitrogens with zero attached hydrogens (tertiary/aromatic N) is 2. The van der Waals surface area contributed by atoms with Crippen molar-refractivity contribution in [3.8, 4) is 11.5 Å². The Bertz CT molecular complexity index is 1160. The van der Waals surface area contributed by atoms with Crippen molar-refractivity contribution >= 4 is 16.6 Å². The molecule has 0 spiro atoms. The number of pyridine rings is 1. The second-order valence-electron chi connectivity index (χ2n) is 7.81. The van der Waals surface area contributed by atoms with Crippen LogP contribution in [0.15, 0.2) is 78.9 Å². The lowest BCUT2D eigenvalue weighted by Crippen LogP contribution is -2.23. The molecule has 4 aromatic rings. The first-order chi connectivity index (χ1) is 14.8. The van der Waals surface area contributed by atoms with Gasteiger partial charge in [-0.2, -0.15) is 0 Å². The van der Waals surface area contributed by atoms with Gasteiger partial charge in [-0.05, 0) is 60.7 Å². The highest BCUT2D eigenvalue weighted by Gasteiger charge is 2.25. The number of rotatable bonds is 6. The van der Waals surface area contributed by atoms with Gasteiger partial charge in [0.25, 0.3) is 0 Å². The third-order valence-corrected chi connectivity index (χ3v) is 5.89. The van der Waals surface area contributed by atoms with Gasteiger partial charge < -0.3 is 9.64 Å². The smallest absolute Gasteiger partial charge is 0.128 e. The summed E-state index contributed by atoms with van der Waals surface area (Å²) in [6.45, 7) is 4.27. The maximum absolute atomic E-state index is 6.12. The van der Waals surface area contributed by atoms with Gasteiger partial charge in [0.05, 0.1) is 11.2 Å². The van der Waals surface area contributed by atoms with Crippen LogP contribution in [0.1, 0.15) is 23.7 Å². The third kappa shape index (κ3) is 3.63. The summed E-state index contributed by atoms with van der Waals surface area (Å²) >= 11 is 0. The molecule has 0 amide bonds. The van der Waals surface area contributed by atoms with Gasteiger partial charge in [-0.25, -0.2) is 0 Å². The van der Waals surface area contributed by atoms with Crippen LogP contribution in [0.3, 0.4) is 0 Å². The van der Waals surface area contributed by atoms with E-state index < -0.39 is 0 Å². The molecule has 30 heavy (non-hydrogen) atoms. The van der Waals surface area contributed by atoms with Crippen molar-refractivity contribution in [2.45, 2.75) is 26.2 Å². The molecule has 0 bridgehead atoms. The van der Waals surface area contributed by atoms with Gasteiger partial charge in [0, 0.05) is 24.2 Å². The molecular formula is C27H26N2O. The molecule has 0 fully saturated rings.